The van der Waals surface area contributed by atoms with E-state index in [2.05, 4.69) is 24.5 Å². The number of carbonyl (C=O) groups is 1. The minimum absolute atomic E-state index is 0.0492. The number of aliphatic hydroxyl groups excluding tert-OH is 1. The van der Waals surface area contributed by atoms with E-state index in [9.17, 15) is 4.79 Å². The van der Waals surface area contributed by atoms with Crippen LogP contribution in [0.3, 0.4) is 0 Å². The average Bonchev–Trinajstić information content (AvgIpc) is 2.40. The van der Waals surface area contributed by atoms with E-state index >= 15 is 0 Å². The Bertz CT molecular complexity index is 284. The van der Waals surface area contributed by atoms with Crippen molar-refractivity contribution in [2.75, 3.05) is 13.2 Å². The number of nitrogens with one attached hydrogen (secondary N) is 2. The van der Waals surface area contributed by atoms with Gasteiger partial charge in [0.2, 0.25) is 0 Å². The third-order valence-electron chi connectivity index (χ3n) is 3.70. The Kier molecular flexibility index (Phi) is 7.92. The maximum Gasteiger partial charge on any atom is 0.315 e. The van der Waals surface area contributed by atoms with E-state index < -0.39 is 0 Å². The van der Waals surface area contributed by atoms with Crippen LogP contribution in [0.15, 0.2) is 0 Å². The van der Waals surface area contributed by atoms with Crippen molar-refractivity contribution < 1.29 is 14.6 Å². The normalized spacial score (nSPS) is 24.4. The lowest BCUT2D eigenvalue weighted by atomic mass is 9.92. The molecular weight excluding hydrogens is 256 g/mol. The average molecular weight is 286 g/mol. The van der Waals surface area contributed by atoms with Gasteiger partial charge in [0.1, 0.15) is 0 Å². The van der Waals surface area contributed by atoms with E-state index in [1.165, 1.54) is 6.42 Å². The van der Waals surface area contributed by atoms with E-state index in [-0.39, 0.29) is 30.8 Å². The van der Waals surface area contributed by atoms with Crippen molar-refractivity contribution in [2.45, 2.75) is 71.1 Å². The Hall–Kier alpha value is -0.810. The van der Waals surface area contributed by atoms with Crippen molar-refractivity contribution in [1.82, 2.24) is 10.6 Å². The van der Waals surface area contributed by atoms with Crippen LogP contribution >= 0.6 is 0 Å². The Balaban J connectivity index is 2.37. The molecular formula is C15H30N2O3. The van der Waals surface area contributed by atoms with Gasteiger partial charge in [-0.15, -0.1) is 0 Å². The molecule has 3 N–H and O–H groups in total. The molecule has 1 aliphatic rings. The van der Waals surface area contributed by atoms with Crippen molar-refractivity contribution in [2.24, 2.45) is 5.92 Å². The molecule has 3 atom stereocenters. The predicted molar refractivity (Wildman–Crippen MR) is 79.7 cm³/mol. The summed E-state index contributed by atoms with van der Waals surface area (Å²) in [6, 6.07) is -0.350. The van der Waals surface area contributed by atoms with Gasteiger partial charge in [-0.05, 0) is 32.1 Å². The molecule has 1 fully saturated rings. The minimum atomic E-state index is -0.223. The molecule has 0 aromatic rings. The van der Waals surface area contributed by atoms with Crippen molar-refractivity contribution >= 4 is 6.03 Å². The van der Waals surface area contributed by atoms with Gasteiger partial charge < -0.3 is 20.5 Å². The van der Waals surface area contributed by atoms with Gasteiger partial charge in [-0.25, -0.2) is 4.79 Å². The molecule has 0 bridgehead atoms. The predicted octanol–water partition coefficient (Wildman–Crippen LogP) is 2.04. The van der Waals surface area contributed by atoms with Gasteiger partial charge in [-0.1, -0.05) is 26.7 Å². The molecule has 118 valence electrons. The molecule has 0 saturated heterocycles. The first kappa shape index (κ1) is 17.2. The third-order valence-corrected chi connectivity index (χ3v) is 3.70. The van der Waals surface area contributed by atoms with E-state index in [0.717, 1.165) is 32.3 Å². The molecule has 2 amide bonds. The van der Waals surface area contributed by atoms with E-state index in [1.54, 1.807) is 6.92 Å². The number of rotatable bonds is 7. The largest absolute Gasteiger partial charge is 0.394 e. The molecule has 0 aliphatic heterocycles. The van der Waals surface area contributed by atoms with Gasteiger partial charge in [-0.2, -0.15) is 0 Å². The van der Waals surface area contributed by atoms with Crippen LogP contribution in [0.2, 0.25) is 0 Å². The molecule has 0 aromatic heterocycles. The van der Waals surface area contributed by atoms with Crippen LogP contribution in [0, 0.1) is 5.92 Å². The van der Waals surface area contributed by atoms with E-state index in [0.29, 0.717) is 5.92 Å². The monoisotopic (exact) mass is 286 g/mol. The summed E-state index contributed by atoms with van der Waals surface area (Å²) in [5.41, 5.74) is 0. The Morgan fingerprint density at radius 1 is 1.30 bits per heavy atom. The van der Waals surface area contributed by atoms with E-state index in [4.69, 9.17) is 9.84 Å². The molecule has 1 aliphatic carbocycles. The molecule has 0 heterocycles. The zero-order valence-electron chi connectivity index (χ0n) is 13.0. The molecule has 1 saturated carbocycles. The summed E-state index contributed by atoms with van der Waals surface area (Å²) >= 11 is 0. The molecule has 0 radical (unpaired) electrons. The number of hydrogen-bond donors (Lipinski definition) is 3. The Morgan fingerprint density at radius 3 is 2.65 bits per heavy atom. The number of carbonyl (C=O) groups excluding carboxylic acids is 1. The highest BCUT2D eigenvalue weighted by Gasteiger charge is 2.27. The van der Waals surface area contributed by atoms with Crippen molar-refractivity contribution in [1.29, 1.82) is 0 Å². The smallest absolute Gasteiger partial charge is 0.315 e. The second-order valence-corrected chi connectivity index (χ2v) is 6.18. The van der Waals surface area contributed by atoms with Gasteiger partial charge >= 0.3 is 6.03 Å². The van der Waals surface area contributed by atoms with E-state index in [1.807, 2.05) is 0 Å². The summed E-state index contributed by atoms with van der Waals surface area (Å²) in [4.78, 5) is 11.8. The number of hydrogen-bond acceptors (Lipinski definition) is 3. The summed E-state index contributed by atoms with van der Waals surface area (Å²) < 4.78 is 5.95. The number of urea groups is 1. The van der Waals surface area contributed by atoms with Crippen LogP contribution in [0.1, 0.15) is 52.9 Å². The maximum absolute atomic E-state index is 11.8. The zero-order chi connectivity index (χ0) is 15.0. The standard InChI is InChI=1S/C15H30N2O3/c1-11(2)8-9-20-14-7-5-4-6-13(14)17-15(19)16-12(3)10-18/h11-14,18H,4-10H2,1-3H3,(H2,16,17,19). The topological polar surface area (TPSA) is 70.6 Å². The summed E-state index contributed by atoms with van der Waals surface area (Å²) in [6.07, 6.45) is 5.45. The summed E-state index contributed by atoms with van der Waals surface area (Å²) in [5.74, 6) is 0.638. The molecule has 0 spiro atoms. The number of aliphatic hydroxyl groups is 1. The first-order valence-corrected chi connectivity index (χ1v) is 7.82. The number of ether oxygens (including phenoxy) is 1. The van der Waals surface area contributed by atoms with Crippen LogP contribution in [0.25, 0.3) is 0 Å². The lowest BCUT2D eigenvalue weighted by Crippen LogP contribution is -2.52. The molecule has 3 unspecified atom stereocenters. The van der Waals surface area contributed by atoms with Crippen LogP contribution in [-0.2, 0) is 4.74 Å². The van der Waals surface area contributed by atoms with Crippen LogP contribution in [0.5, 0.6) is 0 Å². The van der Waals surface area contributed by atoms with Gasteiger partial charge in [0.25, 0.3) is 0 Å². The third kappa shape index (κ3) is 6.57. The van der Waals surface area contributed by atoms with Crippen LogP contribution in [0.4, 0.5) is 4.79 Å². The van der Waals surface area contributed by atoms with Gasteiger partial charge in [0, 0.05) is 6.61 Å². The van der Waals surface area contributed by atoms with Crippen LogP contribution in [-0.4, -0.2) is 42.5 Å². The molecule has 5 heteroatoms. The summed E-state index contributed by atoms with van der Waals surface area (Å²) in [6.45, 7) is 6.85. The Labute approximate surface area is 122 Å². The highest BCUT2D eigenvalue weighted by molar-refractivity contribution is 5.74. The SMILES string of the molecule is CC(C)CCOC1CCCCC1NC(=O)NC(C)CO. The molecule has 1 rings (SSSR count). The first-order chi connectivity index (χ1) is 9.52. The molecule has 5 nitrogen and oxygen atoms in total. The van der Waals surface area contributed by atoms with Gasteiger partial charge in [-0.3, -0.25) is 0 Å². The Morgan fingerprint density at radius 2 is 2.00 bits per heavy atom. The number of amides is 2. The zero-order valence-corrected chi connectivity index (χ0v) is 13.0. The van der Waals surface area contributed by atoms with Crippen molar-refractivity contribution in [3.63, 3.8) is 0 Å². The van der Waals surface area contributed by atoms with Crippen molar-refractivity contribution in [3.05, 3.63) is 0 Å². The lowest BCUT2D eigenvalue weighted by molar-refractivity contribution is 0.00328. The maximum atomic E-state index is 11.8. The van der Waals surface area contributed by atoms with Crippen molar-refractivity contribution in [3.8, 4) is 0 Å². The quantitative estimate of drug-likeness (QED) is 0.671. The fourth-order valence-corrected chi connectivity index (χ4v) is 2.40. The van der Waals surface area contributed by atoms with Gasteiger partial charge in [0.05, 0.1) is 24.8 Å². The summed E-state index contributed by atoms with van der Waals surface area (Å²) in [7, 11) is 0. The fourth-order valence-electron chi connectivity index (χ4n) is 2.40. The van der Waals surface area contributed by atoms with Gasteiger partial charge in [0.15, 0.2) is 0 Å². The summed E-state index contributed by atoms with van der Waals surface area (Å²) in [5, 5.41) is 14.6. The molecule has 0 aromatic carbocycles. The fraction of sp³-hybridized carbons (Fsp3) is 0.933. The molecule has 20 heavy (non-hydrogen) atoms. The second kappa shape index (κ2) is 9.19. The highest BCUT2D eigenvalue weighted by Crippen LogP contribution is 2.21. The minimum Gasteiger partial charge on any atom is -0.394 e. The second-order valence-electron chi connectivity index (χ2n) is 6.18. The lowest BCUT2D eigenvalue weighted by Gasteiger charge is -2.32. The first-order valence-electron chi connectivity index (χ1n) is 7.82. The highest BCUT2D eigenvalue weighted by atomic mass is 16.5. The van der Waals surface area contributed by atoms with Crippen LogP contribution < -0.4 is 10.6 Å².